The molecule has 0 saturated carbocycles. The summed E-state index contributed by atoms with van der Waals surface area (Å²) in [6, 6.07) is 0. The highest BCUT2D eigenvalue weighted by atomic mass is 16.5. The topological polar surface area (TPSA) is 47.3 Å². The molecule has 0 aromatic heterocycles. The zero-order valence-corrected chi connectivity index (χ0v) is 12.2. The number of nitrogens with two attached hydrogens (primary N) is 1. The number of hydrogen-bond acceptors (Lipinski definition) is 3. The van der Waals surface area contributed by atoms with E-state index in [1.807, 2.05) is 0 Å². The van der Waals surface area contributed by atoms with Crippen molar-refractivity contribution in [2.24, 2.45) is 17.1 Å². The summed E-state index contributed by atoms with van der Waals surface area (Å²) in [4.78, 5) is 0. The molecule has 0 spiro atoms. The Balaban J connectivity index is 2.42. The zero-order chi connectivity index (χ0) is 13.1. The van der Waals surface area contributed by atoms with Gasteiger partial charge in [-0.3, -0.25) is 0 Å². The van der Waals surface area contributed by atoms with Crippen molar-refractivity contribution in [3.63, 3.8) is 0 Å². The molecule has 3 unspecified atom stereocenters. The van der Waals surface area contributed by atoms with Crippen LogP contribution in [0.1, 0.15) is 47.5 Å². The van der Waals surface area contributed by atoms with Gasteiger partial charge in [-0.2, -0.15) is 0 Å². The minimum Gasteiger partial charge on any atom is -0.377 e. The van der Waals surface area contributed by atoms with Crippen molar-refractivity contribution in [2.45, 2.75) is 59.1 Å². The highest BCUT2D eigenvalue weighted by molar-refractivity contribution is 4.94. The first-order valence-electron chi connectivity index (χ1n) is 6.83. The molecule has 0 aromatic rings. The minimum absolute atomic E-state index is 0.130. The van der Waals surface area contributed by atoms with Gasteiger partial charge in [-0.05, 0) is 51.1 Å². The van der Waals surface area contributed by atoms with Crippen LogP contribution >= 0.6 is 0 Å². The van der Waals surface area contributed by atoms with E-state index in [-0.39, 0.29) is 5.54 Å². The van der Waals surface area contributed by atoms with Crippen molar-refractivity contribution in [3.8, 4) is 0 Å². The summed E-state index contributed by atoms with van der Waals surface area (Å²) >= 11 is 0. The van der Waals surface area contributed by atoms with E-state index in [1.54, 1.807) is 0 Å². The maximum atomic E-state index is 5.87. The normalized spacial score (nSPS) is 31.8. The Hall–Kier alpha value is -0.120. The molecule has 3 atom stereocenters. The van der Waals surface area contributed by atoms with Gasteiger partial charge in [0.15, 0.2) is 0 Å². The lowest BCUT2D eigenvalue weighted by molar-refractivity contribution is 0.0863. The minimum atomic E-state index is 0.130. The maximum absolute atomic E-state index is 5.87. The number of ether oxygens (including phenoxy) is 1. The molecule has 3 N–H and O–H groups in total. The second-order valence-electron chi connectivity index (χ2n) is 6.93. The fourth-order valence-electron chi connectivity index (χ4n) is 2.55. The van der Waals surface area contributed by atoms with Gasteiger partial charge in [0.05, 0.1) is 6.10 Å². The van der Waals surface area contributed by atoms with E-state index in [0.29, 0.717) is 17.4 Å². The van der Waals surface area contributed by atoms with Crippen molar-refractivity contribution in [2.75, 3.05) is 19.7 Å². The largest absolute Gasteiger partial charge is 0.377 e. The Kier molecular flexibility index (Phi) is 4.99. The Labute approximate surface area is 106 Å². The first-order valence-corrected chi connectivity index (χ1v) is 6.83. The van der Waals surface area contributed by atoms with Crippen molar-refractivity contribution < 1.29 is 4.74 Å². The third-order valence-corrected chi connectivity index (χ3v) is 3.92. The molecule has 3 heteroatoms. The predicted octanol–water partition coefficient (Wildman–Crippen LogP) is 2.15. The third-order valence-electron chi connectivity index (χ3n) is 3.92. The Morgan fingerprint density at radius 2 is 2.12 bits per heavy atom. The van der Waals surface area contributed by atoms with Crippen LogP contribution in [-0.4, -0.2) is 31.3 Å². The lowest BCUT2D eigenvalue weighted by Gasteiger charge is -2.33. The summed E-state index contributed by atoms with van der Waals surface area (Å²) in [6.45, 7) is 13.9. The van der Waals surface area contributed by atoms with Crippen LogP contribution in [0.15, 0.2) is 0 Å². The zero-order valence-electron chi connectivity index (χ0n) is 12.2. The van der Waals surface area contributed by atoms with Gasteiger partial charge < -0.3 is 15.8 Å². The maximum Gasteiger partial charge on any atom is 0.0726 e. The van der Waals surface area contributed by atoms with Crippen LogP contribution in [-0.2, 0) is 4.74 Å². The van der Waals surface area contributed by atoms with Crippen LogP contribution < -0.4 is 11.1 Å². The Morgan fingerprint density at radius 3 is 2.53 bits per heavy atom. The molecular formula is C14H30N2O. The van der Waals surface area contributed by atoms with Gasteiger partial charge in [0.2, 0.25) is 0 Å². The van der Waals surface area contributed by atoms with Crippen molar-refractivity contribution in [1.82, 2.24) is 5.32 Å². The lowest BCUT2D eigenvalue weighted by Crippen LogP contribution is -2.50. The fraction of sp³-hybridized carbons (Fsp3) is 1.00. The first-order chi connectivity index (χ1) is 7.77. The third kappa shape index (κ3) is 4.57. The van der Waals surface area contributed by atoms with Gasteiger partial charge >= 0.3 is 0 Å². The van der Waals surface area contributed by atoms with Crippen LogP contribution in [0, 0.1) is 11.3 Å². The van der Waals surface area contributed by atoms with Crippen LogP contribution in [0.4, 0.5) is 0 Å². The van der Waals surface area contributed by atoms with E-state index in [4.69, 9.17) is 10.5 Å². The molecule has 1 heterocycles. The monoisotopic (exact) mass is 242 g/mol. The van der Waals surface area contributed by atoms with Gasteiger partial charge in [-0.15, -0.1) is 0 Å². The summed E-state index contributed by atoms with van der Waals surface area (Å²) in [6.07, 6.45) is 2.57. The summed E-state index contributed by atoms with van der Waals surface area (Å²) in [5, 5.41) is 3.68. The van der Waals surface area contributed by atoms with Crippen molar-refractivity contribution >= 4 is 0 Å². The molecule has 1 fully saturated rings. The molecule has 1 aliphatic heterocycles. The summed E-state index contributed by atoms with van der Waals surface area (Å²) in [5.41, 5.74) is 6.35. The molecule has 0 amide bonds. The summed E-state index contributed by atoms with van der Waals surface area (Å²) < 4.78 is 5.64. The molecule has 1 rings (SSSR count). The number of hydrogen-bond donors (Lipinski definition) is 2. The van der Waals surface area contributed by atoms with Gasteiger partial charge in [-0.1, -0.05) is 20.8 Å². The Morgan fingerprint density at radius 1 is 1.47 bits per heavy atom. The average molecular weight is 242 g/mol. The molecule has 0 bridgehead atoms. The summed E-state index contributed by atoms with van der Waals surface area (Å²) in [5.74, 6) is 0.555. The van der Waals surface area contributed by atoms with E-state index < -0.39 is 0 Å². The van der Waals surface area contributed by atoms with E-state index in [9.17, 15) is 0 Å². The number of rotatable bonds is 5. The quantitative estimate of drug-likeness (QED) is 0.776. The van der Waals surface area contributed by atoms with Gasteiger partial charge in [-0.25, -0.2) is 0 Å². The summed E-state index contributed by atoms with van der Waals surface area (Å²) in [7, 11) is 0. The smallest absolute Gasteiger partial charge is 0.0726 e. The van der Waals surface area contributed by atoms with Gasteiger partial charge in [0.25, 0.3) is 0 Å². The van der Waals surface area contributed by atoms with E-state index in [2.05, 4.69) is 39.9 Å². The molecule has 17 heavy (non-hydrogen) atoms. The van der Waals surface area contributed by atoms with Crippen molar-refractivity contribution in [3.05, 3.63) is 0 Å². The molecule has 1 saturated heterocycles. The van der Waals surface area contributed by atoms with Crippen molar-refractivity contribution in [1.29, 1.82) is 0 Å². The molecule has 0 aromatic carbocycles. The van der Waals surface area contributed by atoms with Gasteiger partial charge in [0.1, 0.15) is 0 Å². The molecule has 1 aliphatic rings. The number of nitrogens with one attached hydrogen (secondary N) is 1. The van der Waals surface area contributed by atoms with E-state index in [1.165, 1.54) is 6.42 Å². The second kappa shape index (κ2) is 5.68. The van der Waals surface area contributed by atoms with Gasteiger partial charge in [0, 0.05) is 12.1 Å². The van der Waals surface area contributed by atoms with Crippen LogP contribution in [0.2, 0.25) is 0 Å². The van der Waals surface area contributed by atoms with Crippen LogP contribution in [0.3, 0.4) is 0 Å². The first kappa shape index (κ1) is 14.9. The molecular weight excluding hydrogens is 212 g/mol. The second-order valence-corrected chi connectivity index (χ2v) is 6.93. The fourth-order valence-corrected chi connectivity index (χ4v) is 2.55. The molecule has 0 aliphatic carbocycles. The highest BCUT2D eigenvalue weighted by Crippen LogP contribution is 2.27. The predicted molar refractivity (Wildman–Crippen MR) is 73.1 cm³/mol. The van der Waals surface area contributed by atoms with E-state index in [0.717, 1.165) is 26.1 Å². The standard InChI is InChI=1S/C14H30N2O/c1-11-14(5,6-7-17-11)16-10-12(9-15)8-13(2,3)4/h11-12,16H,6-10,15H2,1-5H3. The lowest BCUT2D eigenvalue weighted by atomic mass is 9.84. The SMILES string of the molecule is CC1OCCC1(C)NCC(CN)CC(C)(C)C. The van der Waals surface area contributed by atoms with Crippen LogP contribution in [0.25, 0.3) is 0 Å². The highest BCUT2D eigenvalue weighted by Gasteiger charge is 2.36. The van der Waals surface area contributed by atoms with E-state index >= 15 is 0 Å². The molecule has 0 radical (unpaired) electrons. The average Bonchev–Trinajstić information content (AvgIpc) is 2.53. The molecule has 102 valence electrons. The van der Waals surface area contributed by atoms with Crippen LogP contribution in [0.5, 0.6) is 0 Å². The Bertz CT molecular complexity index is 237. The molecule has 3 nitrogen and oxygen atoms in total.